The summed E-state index contributed by atoms with van der Waals surface area (Å²) < 4.78 is 6.41. The molecule has 0 atom stereocenters. The Morgan fingerprint density at radius 3 is 1.44 bits per heavy atom. The first-order chi connectivity index (χ1) is 26.8. The second kappa shape index (κ2) is 10.1. The van der Waals surface area contributed by atoms with Crippen LogP contribution in [0.5, 0.6) is 0 Å². The third-order valence-corrected chi connectivity index (χ3v) is 12.7. The SMILES string of the molecule is c1ccc2c(c1)-c1ccccc1C21c2ccccc2-c2c(-c3c4ccccc4c(-c4ccc5oc6cccc7ccc4c5c76)c4ccccc34)cccc21. The Morgan fingerprint density at radius 2 is 0.778 bits per heavy atom. The molecule has 0 amide bonds. The minimum atomic E-state index is -0.392. The van der Waals surface area contributed by atoms with E-state index in [0.717, 1.165) is 11.2 Å². The molecule has 1 aromatic heterocycles. The zero-order valence-electron chi connectivity index (χ0n) is 29.2. The predicted octanol–water partition coefficient (Wildman–Crippen LogP) is 14.2. The van der Waals surface area contributed by atoms with Crippen molar-refractivity contribution < 1.29 is 4.42 Å². The van der Waals surface area contributed by atoms with Gasteiger partial charge in [0.1, 0.15) is 11.2 Å². The van der Waals surface area contributed by atoms with E-state index in [0.29, 0.717) is 0 Å². The fraction of sp³-hybridized carbons (Fsp3) is 0.0189. The van der Waals surface area contributed by atoms with Gasteiger partial charge in [0.05, 0.1) is 5.41 Å². The summed E-state index contributed by atoms with van der Waals surface area (Å²) in [7, 11) is 0. The van der Waals surface area contributed by atoms with Gasteiger partial charge in [0.15, 0.2) is 0 Å². The fourth-order valence-corrected chi connectivity index (χ4v) is 10.7. The van der Waals surface area contributed by atoms with E-state index in [1.54, 1.807) is 0 Å². The van der Waals surface area contributed by atoms with Crippen LogP contribution in [-0.2, 0) is 5.41 Å². The lowest BCUT2D eigenvalue weighted by Crippen LogP contribution is -2.25. The summed E-state index contributed by atoms with van der Waals surface area (Å²) in [5.41, 5.74) is 17.3. The van der Waals surface area contributed by atoms with Gasteiger partial charge >= 0.3 is 0 Å². The number of fused-ring (bicyclic) bond motifs is 12. The van der Waals surface area contributed by atoms with Crippen LogP contribution in [0.3, 0.4) is 0 Å². The second-order valence-electron chi connectivity index (χ2n) is 15.0. The van der Waals surface area contributed by atoms with Crippen LogP contribution in [-0.4, -0.2) is 0 Å². The molecule has 1 spiro atoms. The van der Waals surface area contributed by atoms with Gasteiger partial charge in [-0.3, -0.25) is 0 Å². The predicted molar refractivity (Wildman–Crippen MR) is 225 cm³/mol. The summed E-state index contributed by atoms with van der Waals surface area (Å²) in [4.78, 5) is 0. The van der Waals surface area contributed by atoms with Crippen molar-refractivity contribution in [1.29, 1.82) is 0 Å². The molecule has 1 nitrogen and oxygen atoms in total. The minimum Gasteiger partial charge on any atom is -0.456 e. The van der Waals surface area contributed by atoms with Crippen LogP contribution in [0.1, 0.15) is 22.3 Å². The molecule has 2 aliphatic rings. The monoisotopic (exact) mass is 682 g/mol. The molecule has 0 aliphatic heterocycles. The Balaban J connectivity index is 1.16. The maximum atomic E-state index is 6.41. The standard InChI is InChI=1S/C53H30O/c1-3-18-36-34(16-1)49(38-29-30-47-52-39(38)28-27-31-13-11-26-46(54-47)48(31)52)35-17-2-4-19-37(35)50(36)41-21-12-25-45-51(41)40-20-7-10-24-44(40)53(45)42-22-8-5-14-32(42)33-15-6-9-23-43(33)53/h1-30H. The molecule has 248 valence electrons. The van der Waals surface area contributed by atoms with Gasteiger partial charge in [0.25, 0.3) is 0 Å². The Kier molecular flexibility index (Phi) is 5.36. The molecule has 11 aromatic rings. The average molecular weight is 683 g/mol. The largest absolute Gasteiger partial charge is 0.456 e. The second-order valence-corrected chi connectivity index (χ2v) is 15.0. The summed E-state index contributed by atoms with van der Waals surface area (Å²) in [5, 5.41) is 9.88. The van der Waals surface area contributed by atoms with Gasteiger partial charge in [-0.2, -0.15) is 0 Å². The number of furan rings is 1. The van der Waals surface area contributed by atoms with Crippen LogP contribution >= 0.6 is 0 Å². The topological polar surface area (TPSA) is 13.1 Å². The molecule has 2 aliphatic carbocycles. The lowest BCUT2D eigenvalue weighted by Gasteiger charge is -2.30. The highest BCUT2D eigenvalue weighted by Crippen LogP contribution is 2.64. The van der Waals surface area contributed by atoms with Crippen molar-refractivity contribution in [3.05, 3.63) is 204 Å². The molecule has 1 heteroatoms. The molecule has 0 fully saturated rings. The molecular weight excluding hydrogens is 653 g/mol. The van der Waals surface area contributed by atoms with E-state index in [4.69, 9.17) is 4.42 Å². The minimum absolute atomic E-state index is 0.392. The van der Waals surface area contributed by atoms with Crippen molar-refractivity contribution in [2.75, 3.05) is 0 Å². The summed E-state index contributed by atoms with van der Waals surface area (Å²) >= 11 is 0. The van der Waals surface area contributed by atoms with Crippen LogP contribution in [0, 0.1) is 0 Å². The van der Waals surface area contributed by atoms with Crippen molar-refractivity contribution in [3.63, 3.8) is 0 Å². The van der Waals surface area contributed by atoms with Gasteiger partial charge in [0, 0.05) is 10.8 Å². The van der Waals surface area contributed by atoms with Crippen LogP contribution in [0.2, 0.25) is 0 Å². The number of benzene rings is 10. The highest BCUT2D eigenvalue weighted by atomic mass is 16.3. The van der Waals surface area contributed by atoms with Gasteiger partial charge in [0.2, 0.25) is 0 Å². The third kappa shape index (κ3) is 3.33. The molecule has 0 N–H and O–H groups in total. The van der Waals surface area contributed by atoms with Crippen LogP contribution in [0.4, 0.5) is 0 Å². The normalized spacial score (nSPS) is 13.7. The number of hydrogen-bond acceptors (Lipinski definition) is 1. The summed E-state index contributed by atoms with van der Waals surface area (Å²) in [6.45, 7) is 0. The Labute approximate surface area is 311 Å². The first-order valence-electron chi connectivity index (χ1n) is 18.9. The highest BCUT2D eigenvalue weighted by molar-refractivity contribution is 6.29. The van der Waals surface area contributed by atoms with E-state index < -0.39 is 5.41 Å². The summed E-state index contributed by atoms with van der Waals surface area (Å²) in [6, 6.07) is 67.8. The highest BCUT2D eigenvalue weighted by Gasteiger charge is 2.52. The molecular formula is C53H30O. The first kappa shape index (κ1) is 28.6. The van der Waals surface area contributed by atoms with Gasteiger partial charge in [-0.15, -0.1) is 0 Å². The molecule has 0 radical (unpaired) electrons. The van der Waals surface area contributed by atoms with Gasteiger partial charge in [-0.05, 0) is 117 Å². The molecule has 0 saturated carbocycles. The third-order valence-electron chi connectivity index (χ3n) is 12.7. The van der Waals surface area contributed by atoms with Gasteiger partial charge in [-0.1, -0.05) is 164 Å². The average Bonchev–Trinajstić information content (AvgIpc) is 3.87. The zero-order valence-corrected chi connectivity index (χ0v) is 29.2. The van der Waals surface area contributed by atoms with Gasteiger partial charge < -0.3 is 4.42 Å². The Bertz CT molecular complexity index is 3290. The van der Waals surface area contributed by atoms with Gasteiger partial charge in [-0.25, -0.2) is 0 Å². The van der Waals surface area contributed by atoms with Crippen molar-refractivity contribution in [2.24, 2.45) is 0 Å². The molecule has 13 rings (SSSR count). The molecule has 1 heterocycles. The summed E-state index contributed by atoms with van der Waals surface area (Å²) in [6.07, 6.45) is 0. The van der Waals surface area contributed by atoms with E-state index in [1.807, 2.05) is 0 Å². The first-order valence-corrected chi connectivity index (χ1v) is 18.9. The molecule has 10 aromatic carbocycles. The molecule has 0 unspecified atom stereocenters. The summed E-state index contributed by atoms with van der Waals surface area (Å²) in [5.74, 6) is 0. The molecule has 54 heavy (non-hydrogen) atoms. The van der Waals surface area contributed by atoms with Crippen LogP contribution < -0.4 is 0 Å². The zero-order chi connectivity index (χ0) is 35.1. The molecule has 0 saturated heterocycles. The smallest absolute Gasteiger partial charge is 0.136 e. The number of hydrogen-bond donors (Lipinski definition) is 0. The lowest BCUT2D eigenvalue weighted by molar-refractivity contribution is 0.669. The van der Waals surface area contributed by atoms with Crippen LogP contribution in [0.15, 0.2) is 186 Å². The van der Waals surface area contributed by atoms with Crippen molar-refractivity contribution in [3.8, 4) is 44.5 Å². The quantitative estimate of drug-likeness (QED) is 0.131. The van der Waals surface area contributed by atoms with E-state index in [9.17, 15) is 0 Å². The van der Waals surface area contributed by atoms with Crippen molar-refractivity contribution >= 4 is 54.3 Å². The van der Waals surface area contributed by atoms with E-state index in [2.05, 4.69) is 182 Å². The maximum absolute atomic E-state index is 6.41. The maximum Gasteiger partial charge on any atom is 0.136 e. The lowest BCUT2D eigenvalue weighted by atomic mass is 9.70. The van der Waals surface area contributed by atoms with E-state index in [-0.39, 0.29) is 0 Å². The van der Waals surface area contributed by atoms with E-state index >= 15 is 0 Å². The van der Waals surface area contributed by atoms with Crippen LogP contribution in [0.25, 0.3) is 98.8 Å². The Morgan fingerprint density at radius 1 is 0.278 bits per heavy atom. The van der Waals surface area contributed by atoms with Crippen molar-refractivity contribution in [2.45, 2.75) is 5.41 Å². The Hall–Kier alpha value is -6.96. The number of rotatable bonds is 2. The van der Waals surface area contributed by atoms with Crippen molar-refractivity contribution in [1.82, 2.24) is 0 Å². The fourth-order valence-electron chi connectivity index (χ4n) is 10.7. The molecule has 0 bridgehead atoms. The van der Waals surface area contributed by atoms with E-state index in [1.165, 1.54) is 110 Å².